The van der Waals surface area contributed by atoms with Crippen LogP contribution in [-0.2, 0) is 11.3 Å². The second kappa shape index (κ2) is 8.84. The average Bonchev–Trinajstić information content (AvgIpc) is 2.64. The third-order valence-corrected chi connectivity index (χ3v) is 4.95. The highest BCUT2D eigenvalue weighted by atomic mass is 35.5. The number of benzene rings is 2. The van der Waals surface area contributed by atoms with Crippen molar-refractivity contribution in [3.63, 3.8) is 0 Å². The molecule has 0 saturated carbocycles. The van der Waals surface area contributed by atoms with Gasteiger partial charge < -0.3 is 10.1 Å². The Morgan fingerprint density at radius 1 is 1.18 bits per heavy atom. The van der Waals surface area contributed by atoms with E-state index >= 15 is 0 Å². The molecule has 1 N–H and O–H groups in total. The first-order chi connectivity index (χ1) is 13.3. The Morgan fingerprint density at radius 3 is 2.57 bits per heavy atom. The summed E-state index contributed by atoms with van der Waals surface area (Å²) in [4.78, 5) is 14.8. The van der Waals surface area contributed by atoms with Gasteiger partial charge in [-0.1, -0.05) is 29.8 Å². The number of piperidine rings is 1. The number of carbonyl (C=O) groups excluding carboxylic acids is 1. The summed E-state index contributed by atoms with van der Waals surface area (Å²) in [6, 6.07) is 12.8. The van der Waals surface area contributed by atoms with Gasteiger partial charge in [-0.25, -0.2) is 0 Å². The van der Waals surface area contributed by atoms with Gasteiger partial charge in [0.1, 0.15) is 5.75 Å². The molecule has 150 valence electrons. The van der Waals surface area contributed by atoms with Gasteiger partial charge in [0.05, 0.1) is 5.92 Å². The molecular weight excluding hydrogens is 393 g/mol. The quantitative estimate of drug-likeness (QED) is 0.743. The molecule has 4 nitrogen and oxygen atoms in total. The van der Waals surface area contributed by atoms with Crippen LogP contribution >= 0.6 is 11.6 Å². The molecule has 1 heterocycles. The summed E-state index contributed by atoms with van der Waals surface area (Å²) < 4.78 is 40.5. The van der Waals surface area contributed by atoms with Gasteiger partial charge in [-0.2, -0.15) is 0 Å². The minimum absolute atomic E-state index is 0.145. The molecule has 0 aromatic heterocycles. The van der Waals surface area contributed by atoms with Crippen LogP contribution in [0.3, 0.4) is 0 Å². The van der Waals surface area contributed by atoms with Crippen LogP contribution in [0.4, 0.5) is 18.9 Å². The van der Waals surface area contributed by atoms with E-state index in [9.17, 15) is 18.0 Å². The van der Waals surface area contributed by atoms with E-state index in [0.717, 1.165) is 24.9 Å². The number of likely N-dealkylation sites (tertiary alicyclic amines) is 1. The van der Waals surface area contributed by atoms with E-state index in [-0.39, 0.29) is 17.6 Å². The summed E-state index contributed by atoms with van der Waals surface area (Å²) in [5, 5.41) is 3.47. The first-order valence-electron chi connectivity index (χ1n) is 8.92. The maximum Gasteiger partial charge on any atom is 0.573 e. The maximum absolute atomic E-state index is 12.6. The molecule has 28 heavy (non-hydrogen) atoms. The van der Waals surface area contributed by atoms with Crippen molar-refractivity contribution in [2.24, 2.45) is 5.92 Å². The first kappa shape index (κ1) is 20.5. The Labute approximate surface area is 166 Å². The number of nitrogens with one attached hydrogen (secondary N) is 1. The largest absolute Gasteiger partial charge is 0.573 e. The molecule has 3 rings (SSSR count). The van der Waals surface area contributed by atoms with Crippen LogP contribution in [0.1, 0.15) is 18.4 Å². The number of amides is 1. The van der Waals surface area contributed by atoms with Crippen LogP contribution < -0.4 is 10.1 Å². The fraction of sp³-hybridized carbons (Fsp3) is 0.350. The molecule has 1 aliphatic heterocycles. The predicted octanol–water partition coefficient (Wildman–Crippen LogP) is 5.09. The van der Waals surface area contributed by atoms with Gasteiger partial charge in [0.2, 0.25) is 5.91 Å². The second-order valence-corrected chi connectivity index (χ2v) is 7.13. The monoisotopic (exact) mass is 412 g/mol. The number of nitrogens with zero attached hydrogens (tertiary/aromatic N) is 1. The average molecular weight is 413 g/mol. The topological polar surface area (TPSA) is 41.6 Å². The first-order valence-corrected chi connectivity index (χ1v) is 9.30. The maximum atomic E-state index is 12.6. The number of carbonyl (C=O) groups is 1. The number of hydrogen-bond donors (Lipinski definition) is 1. The molecule has 2 aromatic rings. The second-order valence-electron chi connectivity index (χ2n) is 6.73. The lowest BCUT2D eigenvalue weighted by Crippen LogP contribution is -2.40. The molecule has 0 bridgehead atoms. The van der Waals surface area contributed by atoms with E-state index in [1.54, 1.807) is 0 Å². The van der Waals surface area contributed by atoms with E-state index in [0.29, 0.717) is 23.8 Å². The molecular formula is C20H20ClF3N2O2. The van der Waals surface area contributed by atoms with Crippen LogP contribution in [0.25, 0.3) is 0 Å². The fourth-order valence-electron chi connectivity index (χ4n) is 3.26. The highest BCUT2D eigenvalue weighted by molar-refractivity contribution is 6.31. The third-order valence-electron chi connectivity index (χ3n) is 4.58. The third kappa shape index (κ3) is 5.87. The zero-order chi connectivity index (χ0) is 20.1. The van der Waals surface area contributed by atoms with E-state index in [4.69, 9.17) is 11.6 Å². The smallest absolute Gasteiger partial charge is 0.406 e. The molecule has 0 radical (unpaired) electrons. The normalized spacial score (nSPS) is 17.9. The fourth-order valence-corrected chi connectivity index (χ4v) is 3.46. The van der Waals surface area contributed by atoms with Crippen molar-refractivity contribution in [1.29, 1.82) is 0 Å². The molecule has 0 spiro atoms. The van der Waals surface area contributed by atoms with Gasteiger partial charge in [-0.15, -0.1) is 13.2 Å². The Bertz CT molecular complexity index is 812. The number of ether oxygens (including phenoxy) is 1. The lowest BCUT2D eigenvalue weighted by Gasteiger charge is -2.32. The van der Waals surface area contributed by atoms with Crippen molar-refractivity contribution < 1.29 is 22.7 Å². The number of halogens is 4. The van der Waals surface area contributed by atoms with Gasteiger partial charge in [0.15, 0.2) is 0 Å². The summed E-state index contributed by atoms with van der Waals surface area (Å²) in [6.45, 7) is 2.16. The SMILES string of the molecule is O=C(Nc1ccc(OC(F)(F)F)cc1)[C@@H]1CCCN(Cc2ccccc2Cl)C1. The molecule has 1 saturated heterocycles. The van der Waals surface area contributed by atoms with Crippen molar-refractivity contribution >= 4 is 23.2 Å². The molecule has 1 aliphatic rings. The number of anilines is 1. The van der Waals surface area contributed by atoms with Crippen molar-refractivity contribution in [3.05, 3.63) is 59.1 Å². The summed E-state index contributed by atoms with van der Waals surface area (Å²) in [7, 11) is 0. The number of rotatable bonds is 5. The van der Waals surface area contributed by atoms with Crippen LogP contribution in [0, 0.1) is 5.92 Å². The Kier molecular flexibility index (Phi) is 6.46. The number of hydrogen-bond acceptors (Lipinski definition) is 3. The zero-order valence-corrected chi connectivity index (χ0v) is 15.8. The Balaban J connectivity index is 1.56. The van der Waals surface area contributed by atoms with Crippen molar-refractivity contribution in [2.45, 2.75) is 25.7 Å². The summed E-state index contributed by atoms with van der Waals surface area (Å²) in [5.41, 5.74) is 1.45. The van der Waals surface area contributed by atoms with Gasteiger partial charge in [0.25, 0.3) is 0 Å². The highest BCUT2D eigenvalue weighted by Gasteiger charge is 2.31. The van der Waals surface area contributed by atoms with Crippen LogP contribution in [-0.4, -0.2) is 30.3 Å². The molecule has 1 amide bonds. The minimum atomic E-state index is -4.74. The predicted molar refractivity (Wildman–Crippen MR) is 101 cm³/mol. The van der Waals surface area contributed by atoms with E-state index in [1.807, 2.05) is 24.3 Å². The lowest BCUT2D eigenvalue weighted by atomic mass is 9.96. The van der Waals surface area contributed by atoms with E-state index in [2.05, 4.69) is 15.0 Å². The molecule has 1 atom stereocenters. The molecule has 0 aliphatic carbocycles. The summed E-state index contributed by atoms with van der Waals surface area (Å²) in [6.07, 6.45) is -3.08. The highest BCUT2D eigenvalue weighted by Crippen LogP contribution is 2.26. The molecule has 1 fully saturated rings. The van der Waals surface area contributed by atoms with Gasteiger partial charge in [-0.3, -0.25) is 9.69 Å². The zero-order valence-electron chi connectivity index (χ0n) is 15.0. The summed E-state index contributed by atoms with van der Waals surface area (Å²) in [5.74, 6) is -0.662. The van der Waals surface area contributed by atoms with Crippen molar-refractivity contribution in [3.8, 4) is 5.75 Å². The molecule has 8 heteroatoms. The van der Waals surface area contributed by atoms with Crippen molar-refractivity contribution in [1.82, 2.24) is 4.90 Å². The Hall–Kier alpha value is -2.25. The minimum Gasteiger partial charge on any atom is -0.406 e. The van der Waals surface area contributed by atoms with Gasteiger partial charge >= 0.3 is 6.36 Å². The molecule has 0 unspecified atom stereocenters. The lowest BCUT2D eigenvalue weighted by molar-refractivity contribution is -0.274. The van der Waals surface area contributed by atoms with E-state index in [1.165, 1.54) is 24.3 Å². The van der Waals surface area contributed by atoms with Gasteiger partial charge in [-0.05, 0) is 55.3 Å². The van der Waals surface area contributed by atoms with Crippen LogP contribution in [0.5, 0.6) is 5.75 Å². The van der Waals surface area contributed by atoms with E-state index < -0.39 is 6.36 Å². The molecule has 2 aromatic carbocycles. The standard InChI is InChI=1S/C20H20ClF3N2O2/c21-18-6-2-1-4-14(18)12-26-11-3-5-15(13-26)19(27)25-16-7-9-17(10-8-16)28-20(22,23)24/h1-2,4,6-10,15H,3,5,11-13H2,(H,25,27)/t15-/m1/s1. The number of alkyl halides is 3. The van der Waals surface area contributed by atoms with Crippen molar-refractivity contribution in [2.75, 3.05) is 18.4 Å². The van der Waals surface area contributed by atoms with Crippen LogP contribution in [0.15, 0.2) is 48.5 Å². The summed E-state index contributed by atoms with van der Waals surface area (Å²) >= 11 is 6.22. The Morgan fingerprint density at radius 2 is 1.89 bits per heavy atom. The van der Waals surface area contributed by atoms with Crippen LogP contribution in [0.2, 0.25) is 5.02 Å². The van der Waals surface area contributed by atoms with Gasteiger partial charge in [0, 0.05) is 23.8 Å².